The van der Waals surface area contributed by atoms with Gasteiger partial charge in [0.2, 0.25) is 0 Å². The Kier molecular flexibility index (Phi) is 2.74. The summed E-state index contributed by atoms with van der Waals surface area (Å²) < 4.78 is 0. The summed E-state index contributed by atoms with van der Waals surface area (Å²) in [5, 5.41) is 2.10. The van der Waals surface area contributed by atoms with Crippen LogP contribution in [0.4, 0.5) is 0 Å². The molecule has 0 bridgehead atoms. The minimum absolute atomic E-state index is 0.803. The highest BCUT2D eigenvalue weighted by Gasteiger charge is 1.89. The highest BCUT2D eigenvalue weighted by Crippen LogP contribution is 2.09. The normalized spacial score (nSPS) is 9.89. The van der Waals surface area contributed by atoms with Crippen molar-refractivity contribution in [1.29, 1.82) is 0 Å². The van der Waals surface area contributed by atoms with E-state index in [0.717, 1.165) is 19.4 Å². The first kappa shape index (κ1) is 6.78. The molecule has 0 aromatic carbocycles. The van der Waals surface area contributed by atoms with E-state index in [1.54, 1.807) is 0 Å². The second-order valence-electron chi connectivity index (χ2n) is 1.97. The van der Waals surface area contributed by atoms with Gasteiger partial charge in [0.25, 0.3) is 0 Å². The molecule has 0 saturated heterocycles. The molecule has 50 valence electrons. The Morgan fingerprint density at radius 2 is 2.44 bits per heavy atom. The Bertz CT molecular complexity index is 146. The van der Waals surface area contributed by atoms with Crippen LogP contribution in [0.15, 0.2) is 17.5 Å². The van der Waals surface area contributed by atoms with Crippen LogP contribution < -0.4 is 5.73 Å². The molecule has 0 amide bonds. The Hall–Kier alpha value is -0.340. The van der Waals surface area contributed by atoms with Crippen LogP contribution in [-0.2, 0) is 6.42 Å². The molecule has 0 unspecified atom stereocenters. The van der Waals surface area contributed by atoms with Crippen LogP contribution >= 0.6 is 11.3 Å². The molecule has 1 aromatic heterocycles. The van der Waals surface area contributed by atoms with Crippen molar-refractivity contribution in [3.05, 3.63) is 22.4 Å². The molecule has 1 heterocycles. The molecule has 0 saturated carbocycles. The summed E-state index contributed by atoms with van der Waals surface area (Å²) in [5.41, 5.74) is 5.35. The van der Waals surface area contributed by atoms with E-state index < -0.39 is 0 Å². The maximum Gasteiger partial charge on any atom is 0.00457 e. The van der Waals surface area contributed by atoms with Gasteiger partial charge in [-0.2, -0.15) is 0 Å². The number of nitrogens with two attached hydrogens (primary N) is 1. The van der Waals surface area contributed by atoms with Crippen molar-refractivity contribution in [2.45, 2.75) is 12.8 Å². The molecule has 0 fully saturated rings. The summed E-state index contributed by atoms with van der Waals surface area (Å²) >= 11 is 1.81. The zero-order valence-corrected chi connectivity index (χ0v) is 6.16. The Labute approximate surface area is 59.5 Å². The van der Waals surface area contributed by atoms with Gasteiger partial charge in [0.1, 0.15) is 0 Å². The third kappa shape index (κ3) is 2.16. The second kappa shape index (κ2) is 3.64. The highest BCUT2D eigenvalue weighted by molar-refractivity contribution is 7.09. The fraction of sp³-hybridized carbons (Fsp3) is 0.429. The summed E-state index contributed by atoms with van der Waals surface area (Å²) in [5.74, 6) is 0. The zero-order chi connectivity index (χ0) is 6.53. The van der Waals surface area contributed by atoms with Crippen molar-refractivity contribution in [3.8, 4) is 0 Å². The molecule has 9 heavy (non-hydrogen) atoms. The summed E-state index contributed by atoms with van der Waals surface area (Å²) in [4.78, 5) is 1.44. The Balaban J connectivity index is 2.30. The Morgan fingerprint density at radius 3 is 3.00 bits per heavy atom. The van der Waals surface area contributed by atoms with Gasteiger partial charge in [-0.25, -0.2) is 0 Å². The molecule has 1 rings (SSSR count). The molecule has 1 aromatic rings. The van der Waals surface area contributed by atoms with E-state index in [1.807, 2.05) is 11.3 Å². The largest absolute Gasteiger partial charge is 0.330 e. The van der Waals surface area contributed by atoms with Crippen molar-refractivity contribution < 1.29 is 0 Å². The van der Waals surface area contributed by atoms with E-state index in [-0.39, 0.29) is 0 Å². The van der Waals surface area contributed by atoms with Crippen LogP contribution in [0, 0.1) is 0 Å². The molecule has 0 radical (unpaired) electrons. The van der Waals surface area contributed by atoms with E-state index in [4.69, 9.17) is 5.73 Å². The third-order valence-corrected chi connectivity index (χ3v) is 2.14. The molecular formula is C7H11NS. The standard InChI is InChI=1S/C7H11NS/c8-5-1-3-7-4-2-6-9-7/h2,4,6H,1,3,5,8H2. The van der Waals surface area contributed by atoms with Gasteiger partial charge in [-0.1, -0.05) is 6.07 Å². The lowest BCUT2D eigenvalue weighted by Crippen LogP contribution is -1.98. The van der Waals surface area contributed by atoms with Gasteiger partial charge in [0, 0.05) is 4.88 Å². The van der Waals surface area contributed by atoms with E-state index >= 15 is 0 Å². The number of aryl methyl sites for hydroxylation is 1. The fourth-order valence-corrected chi connectivity index (χ4v) is 1.48. The maximum absolute atomic E-state index is 5.35. The predicted molar refractivity (Wildman–Crippen MR) is 41.7 cm³/mol. The molecule has 0 spiro atoms. The first-order valence-electron chi connectivity index (χ1n) is 3.16. The van der Waals surface area contributed by atoms with Crippen LogP contribution in [0.2, 0.25) is 0 Å². The number of hydrogen-bond acceptors (Lipinski definition) is 2. The monoisotopic (exact) mass is 141 g/mol. The summed E-state index contributed by atoms with van der Waals surface area (Å²) in [7, 11) is 0. The van der Waals surface area contributed by atoms with Crippen LogP contribution in [0.5, 0.6) is 0 Å². The third-order valence-electron chi connectivity index (χ3n) is 1.21. The molecule has 0 atom stereocenters. The second-order valence-corrected chi connectivity index (χ2v) is 3.00. The minimum atomic E-state index is 0.803. The van der Waals surface area contributed by atoms with Crippen molar-refractivity contribution in [1.82, 2.24) is 0 Å². The lowest BCUT2D eigenvalue weighted by atomic mass is 10.3. The van der Waals surface area contributed by atoms with Crippen molar-refractivity contribution in [2.24, 2.45) is 5.73 Å². The summed E-state index contributed by atoms with van der Waals surface area (Å²) in [6.45, 7) is 0.803. The molecular weight excluding hydrogens is 130 g/mol. The van der Waals surface area contributed by atoms with Crippen LogP contribution in [0.25, 0.3) is 0 Å². The van der Waals surface area contributed by atoms with Crippen LogP contribution in [-0.4, -0.2) is 6.54 Å². The van der Waals surface area contributed by atoms with Crippen molar-refractivity contribution >= 4 is 11.3 Å². The fourth-order valence-electron chi connectivity index (χ4n) is 0.731. The number of thiophene rings is 1. The first-order valence-corrected chi connectivity index (χ1v) is 4.04. The molecule has 2 heteroatoms. The van der Waals surface area contributed by atoms with Gasteiger partial charge in [-0.05, 0) is 30.8 Å². The molecule has 0 aliphatic carbocycles. The van der Waals surface area contributed by atoms with Crippen LogP contribution in [0.1, 0.15) is 11.3 Å². The van der Waals surface area contributed by atoms with Gasteiger partial charge in [-0.3, -0.25) is 0 Å². The van der Waals surface area contributed by atoms with Gasteiger partial charge < -0.3 is 5.73 Å². The van der Waals surface area contributed by atoms with Gasteiger partial charge in [0.15, 0.2) is 0 Å². The van der Waals surface area contributed by atoms with Gasteiger partial charge in [0.05, 0.1) is 0 Å². The average molecular weight is 141 g/mol. The minimum Gasteiger partial charge on any atom is -0.330 e. The quantitative estimate of drug-likeness (QED) is 0.680. The Morgan fingerprint density at radius 1 is 1.56 bits per heavy atom. The van der Waals surface area contributed by atoms with E-state index in [2.05, 4.69) is 17.5 Å². The highest BCUT2D eigenvalue weighted by atomic mass is 32.1. The smallest absolute Gasteiger partial charge is 0.00457 e. The molecule has 0 aliphatic rings. The van der Waals surface area contributed by atoms with Crippen molar-refractivity contribution in [3.63, 3.8) is 0 Å². The first-order chi connectivity index (χ1) is 4.43. The lowest BCUT2D eigenvalue weighted by molar-refractivity contribution is 0.843. The van der Waals surface area contributed by atoms with Gasteiger partial charge in [-0.15, -0.1) is 11.3 Å². The molecule has 0 aliphatic heterocycles. The lowest BCUT2D eigenvalue weighted by Gasteiger charge is -1.90. The van der Waals surface area contributed by atoms with Crippen LogP contribution in [0.3, 0.4) is 0 Å². The van der Waals surface area contributed by atoms with Crippen molar-refractivity contribution in [2.75, 3.05) is 6.54 Å². The SMILES string of the molecule is NCCCc1cccs1. The predicted octanol–water partition coefficient (Wildman–Crippen LogP) is 1.64. The molecule has 1 nitrogen and oxygen atoms in total. The van der Waals surface area contributed by atoms with E-state index in [1.165, 1.54) is 4.88 Å². The number of hydrogen-bond donors (Lipinski definition) is 1. The molecule has 2 N–H and O–H groups in total. The zero-order valence-electron chi connectivity index (χ0n) is 5.34. The summed E-state index contributed by atoms with van der Waals surface area (Å²) in [6.07, 6.45) is 2.26. The van der Waals surface area contributed by atoms with E-state index in [0.29, 0.717) is 0 Å². The van der Waals surface area contributed by atoms with Gasteiger partial charge >= 0.3 is 0 Å². The number of rotatable bonds is 3. The van der Waals surface area contributed by atoms with E-state index in [9.17, 15) is 0 Å². The maximum atomic E-state index is 5.35. The topological polar surface area (TPSA) is 26.0 Å². The summed E-state index contributed by atoms with van der Waals surface area (Å²) in [6, 6.07) is 4.23. The average Bonchev–Trinajstić information content (AvgIpc) is 2.34.